The lowest BCUT2D eigenvalue weighted by Crippen LogP contribution is -2.21. The molecule has 2 N–H and O–H groups in total. The number of anilines is 2. The minimum Gasteiger partial charge on any atom is -0.452 e. The van der Waals surface area contributed by atoms with Crippen LogP contribution in [0.2, 0.25) is 0 Å². The van der Waals surface area contributed by atoms with Gasteiger partial charge in [-0.15, -0.1) is 0 Å². The lowest BCUT2D eigenvalue weighted by atomic mass is 10.2. The van der Waals surface area contributed by atoms with E-state index in [9.17, 15) is 14.4 Å². The molecular weight excluding hydrogens is 404 g/mol. The third-order valence-corrected chi connectivity index (χ3v) is 3.79. The molecule has 0 radical (unpaired) electrons. The second kappa shape index (κ2) is 9.57. The first-order valence-electron chi connectivity index (χ1n) is 7.75. The minimum atomic E-state index is -0.681. The maximum atomic E-state index is 12.1. The lowest BCUT2D eigenvalue weighted by molar-refractivity contribution is -0.119. The highest BCUT2D eigenvalue weighted by molar-refractivity contribution is 9.10. The number of nitrogens with one attached hydrogen (secondary N) is 2. The van der Waals surface area contributed by atoms with Crippen LogP contribution in [0.4, 0.5) is 16.2 Å². The Bertz CT molecular complexity index is 810. The monoisotopic (exact) mass is 420 g/mol. The Kier molecular flexibility index (Phi) is 7.16. The summed E-state index contributed by atoms with van der Waals surface area (Å²) in [5.74, 6) is -1.15. The Hall–Kier alpha value is -2.87. The highest BCUT2D eigenvalue weighted by Gasteiger charge is 2.12. The number of hydrogen-bond acceptors (Lipinski definition) is 5. The van der Waals surface area contributed by atoms with Gasteiger partial charge in [0.2, 0.25) is 0 Å². The van der Waals surface area contributed by atoms with Gasteiger partial charge in [-0.05, 0) is 53.2 Å². The number of rotatable bonds is 6. The van der Waals surface area contributed by atoms with Crippen LogP contribution in [0.25, 0.3) is 0 Å². The van der Waals surface area contributed by atoms with Gasteiger partial charge >= 0.3 is 12.1 Å². The highest BCUT2D eigenvalue weighted by atomic mass is 79.9. The van der Waals surface area contributed by atoms with Crippen molar-refractivity contribution in [3.63, 3.8) is 0 Å². The molecule has 0 aliphatic rings. The number of benzene rings is 2. The van der Waals surface area contributed by atoms with E-state index >= 15 is 0 Å². The summed E-state index contributed by atoms with van der Waals surface area (Å²) >= 11 is 3.31. The first-order valence-corrected chi connectivity index (χ1v) is 8.54. The predicted octanol–water partition coefficient (Wildman–Crippen LogP) is 3.81. The molecule has 2 aromatic carbocycles. The molecule has 0 atom stereocenters. The van der Waals surface area contributed by atoms with E-state index in [2.05, 4.69) is 26.6 Å². The number of ether oxygens (including phenoxy) is 2. The fraction of sp³-hybridized carbons (Fsp3) is 0.167. The normalized spacial score (nSPS) is 9.92. The third kappa shape index (κ3) is 5.89. The predicted molar refractivity (Wildman–Crippen MR) is 100 cm³/mol. The molecule has 0 fully saturated rings. The lowest BCUT2D eigenvalue weighted by Gasteiger charge is -2.09. The minimum absolute atomic E-state index is 0.202. The first kappa shape index (κ1) is 19.5. The topological polar surface area (TPSA) is 93.7 Å². The van der Waals surface area contributed by atoms with Gasteiger partial charge in [0, 0.05) is 10.2 Å². The largest absolute Gasteiger partial charge is 0.452 e. The van der Waals surface area contributed by atoms with Crippen molar-refractivity contribution in [3.05, 3.63) is 58.6 Å². The van der Waals surface area contributed by atoms with Gasteiger partial charge in [-0.3, -0.25) is 10.1 Å². The van der Waals surface area contributed by atoms with E-state index in [1.54, 1.807) is 37.3 Å². The molecule has 2 aromatic rings. The van der Waals surface area contributed by atoms with Crippen LogP contribution in [0.15, 0.2) is 53.0 Å². The molecule has 0 aliphatic heterocycles. The van der Waals surface area contributed by atoms with Crippen molar-refractivity contribution < 1.29 is 23.9 Å². The molecule has 2 amide bonds. The molecule has 0 aliphatic carbocycles. The van der Waals surface area contributed by atoms with Gasteiger partial charge in [0.15, 0.2) is 6.61 Å². The molecule has 0 unspecified atom stereocenters. The first-order chi connectivity index (χ1) is 12.5. The second-order valence-electron chi connectivity index (χ2n) is 5.03. The van der Waals surface area contributed by atoms with Crippen LogP contribution >= 0.6 is 15.9 Å². The summed E-state index contributed by atoms with van der Waals surface area (Å²) in [6.07, 6.45) is -0.620. The summed E-state index contributed by atoms with van der Waals surface area (Å²) in [6.45, 7) is 1.49. The van der Waals surface area contributed by atoms with E-state index in [0.29, 0.717) is 11.4 Å². The summed E-state index contributed by atoms with van der Waals surface area (Å²) in [7, 11) is 0. The maximum Gasteiger partial charge on any atom is 0.411 e. The van der Waals surface area contributed by atoms with Gasteiger partial charge in [0.1, 0.15) is 0 Å². The molecule has 0 spiro atoms. The number of halogens is 1. The number of amides is 2. The number of carbonyl (C=O) groups excluding carboxylic acids is 3. The molecule has 136 valence electrons. The van der Waals surface area contributed by atoms with Crippen LogP contribution in [0, 0.1) is 0 Å². The van der Waals surface area contributed by atoms with Crippen molar-refractivity contribution in [1.29, 1.82) is 0 Å². The molecule has 7 nitrogen and oxygen atoms in total. The van der Waals surface area contributed by atoms with E-state index in [1.807, 2.05) is 6.07 Å². The Morgan fingerprint density at radius 1 is 1.00 bits per heavy atom. The fourth-order valence-corrected chi connectivity index (χ4v) is 2.36. The fourth-order valence-electron chi connectivity index (χ4n) is 1.97. The molecule has 8 heteroatoms. The summed E-state index contributed by atoms with van der Waals surface area (Å²) in [6, 6.07) is 13.2. The van der Waals surface area contributed by atoms with Gasteiger partial charge in [-0.2, -0.15) is 0 Å². The van der Waals surface area contributed by atoms with Crippen LogP contribution in [-0.2, 0) is 14.3 Å². The number of para-hydroxylation sites is 1. The summed E-state index contributed by atoms with van der Waals surface area (Å²) < 4.78 is 10.5. The molecule has 0 saturated heterocycles. The van der Waals surface area contributed by atoms with Crippen LogP contribution < -0.4 is 10.6 Å². The SMILES string of the molecule is CCOC(=O)Nc1cccc(C(=O)OCC(=O)Nc2ccccc2Br)c1. The molecular formula is C18H17BrN2O5. The van der Waals surface area contributed by atoms with Gasteiger partial charge in [-0.25, -0.2) is 9.59 Å². The quantitative estimate of drug-likeness (QED) is 0.692. The third-order valence-electron chi connectivity index (χ3n) is 3.10. The molecule has 0 aromatic heterocycles. The standard InChI is InChI=1S/C18H17BrN2O5/c1-2-25-18(24)20-13-7-5-6-12(10-13)17(23)26-11-16(22)21-15-9-4-3-8-14(15)19/h3-10H,2,11H2,1H3,(H,20,24)(H,21,22). The van der Waals surface area contributed by atoms with Gasteiger partial charge in [0.25, 0.3) is 5.91 Å². The molecule has 0 heterocycles. The average Bonchev–Trinajstić information content (AvgIpc) is 2.62. The summed E-state index contributed by atoms with van der Waals surface area (Å²) in [4.78, 5) is 35.4. The van der Waals surface area contributed by atoms with Crippen LogP contribution in [0.1, 0.15) is 17.3 Å². The van der Waals surface area contributed by atoms with E-state index in [-0.39, 0.29) is 12.2 Å². The van der Waals surface area contributed by atoms with Crippen LogP contribution in [0.3, 0.4) is 0 Å². The molecule has 26 heavy (non-hydrogen) atoms. The highest BCUT2D eigenvalue weighted by Crippen LogP contribution is 2.21. The van der Waals surface area contributed by atoms with E-state index in [1.165, 1.54) is 12.1 Å². The van der Waals surface area contributed by atoms with Gasteiger partial charge < -0.3 is 14.8 Å². The van der Waals surface area contributed by atoms with Gasteiger partial charge in [-0.1, -0.05) is 18.2 Å². The van der Waals surface area contributed by atoms with E-state index in [0.717, 1.165) is 4.47 Å². The molecule has 2 rings (SSSR count). The maximum absolute atomic E-state index is 12.1. The molecule has 0 saturated carbocycles. The van der Waals surface area contributed by atoms with Crippen molar-refractivity contribution in [2.24, 2.45) is 0 Å². The zero-order chi connectivity index (χ0) is 18.9. The Labute approximate surface area is 158 Å². The summed E-state index contributed by atoms with van der Waals surface area (Å²) in [5.41, 5.74) is 1.16. The van der Waals surface area contributed by atoms with E-state index < -0.39 is 24.6 Å². The smallest absolute Gasteiger partial charge is 0.411 e. The molecule has 0 bridgehead atoms. The van der Waals surface area contributed by atoms with E-state index in [4.69, 9.17) is 9.47 Å². The number of carbonyl (C=O) groups is 3. The number of hydrogen-bond donors (Lipinski definition) is 2. The average molecular weight is 421 g/mol. The summed E-state index contributed by atoms with van der Waals surface area (Å²) in [5, 5.41) is 5.12. The van der Waals surface area contributed by atoms with Crippen LogP contribution in [-0.4, -0.2) is 31.2 Å². The van der Waals surface area contributed by atoms with Crippen molar-refractivity contribution in [3.8, 4) is 0 Å². The second-order valence-corrected chi connectivity index (χ2v) is 5.88. The number of esters is 1. The Morgan fingerprint density at radius 3 is 2.50 bits per heavy atom. The van der Waals surface area contributed by atoms with Crippen molar-refractivity contribution in [1.82, 2.24) is 0 Å². The van der Waals surface area contributed by atoms with Crippen molar-refractivity contribution in [2.75, 3.05) is 23.8 Å². The zero-order valence-corrected chi connectivity index (χ0v) is 15.5. The van der Waals surface area contributed by atoms with Crippen molar-refractivity contribution in [2.45, 2.75) is 6.92 Å². The Balaban J connectivity index is 1.90. The van der Waals surface area contributed by atoms with Crippen molar-refractivity contribution >= 4 is 45.3 Å². The zero-order valence-electron chi connectivity index (χ0n) is 14.0. The Morgan fingerprint density at radius 2 is 1.77 bits per heavy atom. The van der Waals surface area contributed by atoms with Gasteiger partial charge in [0.05, 0.1) is 17.9 Å². The van der Waals surface area contributed by atoms with Crippen LogP contribution in [0.5, 0.6) is 0 Å².